The van der Waals surface area contributed by atoms with Crippen LogP contribution in [0.15, 0.2) is 22.7 Å². The molecule has 0 saturated carbocycles. The number of unbranched alkanes of at least 4 members (excludes halogenated alkanes) is 1. The monoisotopic (exact) mass is 430 g/mol. The fourth-order valence-corrected chi connectivity index (χ4v) is 5.00. The van der Waals surface area contributed by atoms with Crippen LogP contribution in [-0.2, 0) is 14.8 Å². The SMILES string of the molecule is CCCCS(=O)(=O)N1CCC(C(=O)N(C)c2ccc(Br)c(C)c2)CC1. The largest absolute Gasteiger partial charge is 0.315 e. The molecule has 1 aromatic carbocycles. The first-order chi connectivity index (χ1) is 11.8. The molecule has 1 fully saturated rings. The third-order valence-corrected chi connectivity index (χ3v) is 7.66. The van der Waals surface area contributed by atoms with Crippen molar-refractivity contribution in [2.75, 3.05) is 30.8 Å². The van der Waals surface area contributed by atoms with Gasteiger partial charge in [0.25, 0.3) is 0 Å². The predicted molar refractivity (Wildman–Crippen MR) is 105 cm³/mol. The summed E-state index contributed by atoms with van der Waals surface area (Å²) in [4.78, 5) is 14.5. The Kier molecular flexibility index (Phi) is 7.05. The standard InChI is InChI=1S/C18H27BrN2O3S/c1-4-5-12-25(23,24)21-10-8-15(9-11-21)18(22)20(3)16-6-7-17(19)14(2)13-16/h6-7,13,15H,4-5,8-12H2,1-3H3. The molecule has 7 heteroatoms. The quantitative estimate of drug-likeness (QED) is 0.692. The molecule has 0 aliphatic carbocycles. The molecule has 1 amide bonds. The Balaban J connectivity index is 1.97. The first-order valence-corrected chi connectivity index (χ1v) is 11.2. The van der Waals surface area contributed by atoms with Crippen molar-refractivity contribution < 1.29 is 13.2 Å². The number of amides is 1. The second kappa shape index (κ2) is 8.64. The molecule has 1 heterocycles. The van der Waals surface area contributed by atoms with Gasteiger partial charge in [0.2, 0.25) is 15.9 Å². The van der Waals surface area contributed by atoms with E-state index in [0.717, 1.165) is 22.1 Å². The van der Waals surface area contributed by atoms with Crippen molar-refractivity contribution in [3.05, 3.63) is 28.2 Å². The van der Waals surface area contributed by atoms with E-state index in [4.69, 9.17) is 0 Å². The van der Waals surface area contributed by atoms with Crippen molar-refractivity contribution in [3.63, 3.8) is 0 Å². The molecule has 1 saturated heterocycles. The van der Waals surface area contributed by atoms with E-state index in [0.29, 0.717) is 32.4 Å². The second-order valence-electron chi connectivity index (χ2n) is 6.67. The molecule has 140 valence electrons. The fourth-order valence-electron chi connectivity index (χ4n) is 3.08. The number of hydrogen-bond donors (Lipinski definition) is 0. The average molecular weight is 431 g/mol. The van der Waals surface area contributed by atoms with Crippen molar-refractivity contribution in [1.82, 2.24) is 4.31 Å². The number of aryl methyl sites for hydroxylation is 1. The zero-order valence-electron chi connectivity index (χ0n) is 15.2. The van der Waals surface area contributed by atoms with Gasteiger partial charge < -0.3 is 4.90 Å². The highest BCUT2D eigenvalue weighted by Crippen LogP contribution is 2.26. The lowest BCUT2D eigenvalue weighted by Gasteiger charge is -2.32. The number of piperidine rings is 1. The highest BCUT2D eigenvalue weighted by Gasteiger charge is 2.32. The third-order valence-electron chi connectivity index (χ3n) is 4.81. The summed E-state index contributed by atoms with van der Waals surface area (Å²) in [6, 6.07) is 5.84. The molecule has 25 heavy (non-hydrogen) atoms. The summed E-state index contributed by atoms with van der Waals surface area (Å²) < 4.78 is 27.1. The summed E-state index contributed by atoms with van der Waals surface area (Å²) in [6.45, 7) is 4.86. The molecule has 0 N–H and O–H groups in total. The van der Waals surface area contributed by atoms with E-state index >= 15 is 0 Å². The Hall–Kier alpha value is -0.920. The average Bonchev–Trinajstić information content (AvgIpc) is 2.61. The van der Waals surface area contributed by atoms with E-state index in [1.807, 2.05) is 32.0 Å². The lowest BCUT2D eigenvalue weighted by Crippen LogP contribution is -2.44. The number of halogens is 1. The first kappa shape index (κ1) is 20.4. The number of rotatable bonds is 6. The van der Waals surface area contributed by atoms with Crippen LogP contribution in [0, 0.1) is 12.8 Å². The zero-order chi connectivity index (χ0) is 18.6. The maximum absolute atomic E-state index is 12.8. The Labute approximate surface area is 159 Å². The van der Waals surface area contributed by atoms with Crippen LogP contribution in [0.25, 0.3) is 0 Å². The van der Waals surface area contributed by atoms with E-state index in [1.165, 1.54) is 0 Å². The smallest absolute Gasteiger partial charge is 0.229 e. The van der Waals surface area contributed by atoms with Gasteiger partial charge in [-0.05, 0) is 49.9 Å². The molecule has 0 unspecified atom stereocenters. The Morgan fingerprint density at radius 2 is 1.96 bits per heavy atom. The molecule has 0 spiro atoms. The molecule has 1 aliphatic heterocycles. The lowest BCUT2D eigenvalue weighted by atomic mass is 9.96. The van der Waals surface area contributed by atoms with Crippen molar-refractivity contribution in [2.45, 2.75) is 39.5 Å². The number of nitrogens with zero attached hydrogens (tertiary/aromatic N) is 2. The molecule has 0 aromatic heterocycles. The van der Waals surface area contributed by atoms with Gasteiger partial charge in [0.05, 0.1) is 5.75 Å². The third kappa shape index (κ3) is 5.05. The molecule has 2 rings (SSSR count). The Bertz CT molecular complexity index is 713. The van der Waals surface area contributed by atoms with Gasteiger partial charge in [-0.15, -0.1) is 0 Å². The zero-order valence-corrected chi connectivity index (χ0v) is 17.6. The van der Waals surface area contributed by atoms with Crippen molar-refractivity contribution in [1.29, 1.82) is 0 Å². The maximum atomic E-state index is 12.8. The first-order valence-electron chi connectivity index (χ1n) is 8.77. The number of anilines is 1. The highest BCUT2D eigenvalue weighted by atomic mass is 79.9. The van der Waals surface area contributed by atoms with Crippen molar-refractivity contribution >= 4 is 37.5 Å². The summed E-state index contributed by atoms with van der Waals surface area (Å²) in [5.74, 6) is 0.152. The van der Waals surface area contributed by atoms with Crippen LogP contribution in [0.3, 0.4) is 0 Å². The molecule has 5 nitrogen and oxygen atoms in total. The van der Waals surface area contributed by atoms with Gasteiger partial charge in [-0.2, -0.15) is 0 Å². The van der Waals surface area contributed by atoms with Gasteiger partial charge in [-0.3, -0.25) is 4.79 Å². The molecule has 1 aromatic rings. The number of hydrogen-bond acceptors (Lipinski definition) is 3. The van der Waals surface area contributed by atoms with Crippen LogP contribution < -0.4 is 4.90 Å². The molecule has 0 atom stereocenters. The van der Waals surface area contributed by atoms with E-state index in [2.05, 4.69) is 15.9 Å². The van der Waals surface area contributed by atoms with Crippen molar-refractivity contribution in [2.24, 2.45) is 5.92 Å². The molecule has 1 aliphatic rings. The van der Waals surface area contributed by atoms with Gasteiger partial charge >= 0.3 is 0 Å². The molecule has 0 radical (unpaired) electrons. The number of benzene rings is 1. The predicted octanol–water partition coefficient (Wildman–Crippen LogP) is 3.56. The van der Waals surface area contributed by atoms with Crippen LogP contribution in [0.1, 0.15) is 38.2 Å². The van der Waals surface area contributed by atoms with E-state index in [1.54, 1.807) is 16.3 Å². The minimum Gasteiger partial charge on any atom is -0.315 e. The fraction of sp³-hybridized carbons (Fsp3) is 0.611. The summed E-state index contributed by atoms with van der Waals surface area (Å²) in [5, 5.41) is 0. The molecular weight excluding hydrogens is 404 g/mol. The minimum absolute atomic E-state index is 0.0623. The summed E-state index contributed by atoms with van der Waals surface area (Å²) >= 11 is 3.47. The number of carbonyl (C=O) groups is 1. The topological polar surface area (TPSA) is 57.7 Å². The maximum Gasteiger partial charge on any atom is 0.229 e. The summed E-state index contributed by atoms with van der Waals surface area (Å²) in [6.07, 6.45) is 2.73. The summed E-state index contributed by atoms with van der Waals surface area (Å²) in [5.41, 5.74) is 1.94. The van der Waals surface area contributed by atoms with Gasteiger partial charge in [0, 0.05) is 36.2 Å². The van der Waals surface area contributed by atoms with E-state index < -0.39 is 10.0 Å². The normalized spacial score (nSPS) is 16.8. The van der Waals surface area contributed by atoms with E-state index in [-0.39, 0.29) is 17.6 Å². The van der Waals surface area contributed by atoms with E-state index in [9.17, 15) is 13.2 Å². The molecular formula is C18H27BrN2O3S. The minimum atomic E-state index is -3.17. The summed E-state index contributed by atoms with van der Waals surface area (Å²) in [7, 11) is -1.39. The van der Waals surface area contributed by atoms with Crippen LogP contribution in [-0.4, -0.2) is 44.5 Å². The van der Waals surface area contributed by atoms with Crippen LogP contribution in [0.5, 0.6) is 0 Å². The highest BCUT2D eigenvalue weighted by molar-refractivity contribution is 9.10. The van der Waals surface area contributed by atoms with Crippen LogP contribution in [0.2, 0.25) is 0 Å². The number of sulfonamides is 1. The van der Waals surface area contributed by atoms with Crippen LogP contribution >= 0.6 is 15.9 Å². The second-order valence-corrected chi connectivity index (χ2v) is 9.62. The molecule has 0 bridgehead atoms. The van der Waals surface area contributed by atoms with Gasteiger partial charge in [0.15, 0.2) is 0 Å². The van der Waals surface area contributed by atoms with Gasteiger partial charge in [-0.25, -0.2) is 12.7 Å². The lowest BCUT2D eigenvalue weighted by molar-refractivity contribution is -0.123. The van der Waals surface area contributed by atoms with Crippen molar-refractivity contribution in [3.8, 4) is 0 Å². The van der Waals surface area contributed by atoms with Gasteiger partial charge in [-0.1, -0.05) is 29.3 Å². The Morgan fingerprint density at radius 1 is 1.32 bits per heavy atom. The van der Waals surface area contributed by atoms with Crippen LogP contribution in [0.4, 0.5) is 5.69 Å². The Morgan fingerprint density at radius 3 is 2.52 bits per heavy atom. The van der Waals surface area contributed by atoms with Gasteiger partial charge in [0.1, 0.15) is 0 Å². The number of carbonyl (C=O) groups excluding carboxylic acids is 1.